The van der Waals surface area contributed by atoms with Crippen molar-refractivity contribution in [2.45, 2.75) is 26.3 Å². The van der Waals surface area contributed by atoms with Gasteiger partial charge < -0.3 is 5.32 Å². The van der Waals surface area contributed by atoms with E-state index in [9.17, 15) is 18.9 Å². The molecule has 0 aliphatic heterocycles. The van der Waals surface area contributed by atoms with Crippen molar-refractivity contribution < 1.29 is 13.7 Å². The topological polar surface area (TPSA) is 55.2 Å². The van der Waals surface area contributed by atoms with E-state index in [1.165, 1.54) is 25.1 Å². The Morgan fingerprint density at radius 2 is 2.06 bits per heavy atom. The molecule has 0 saturated carbocycles. The molecule has 4 nitrogen and oxygen atoms in total. The monoisotopic (exact) mass is 230 g/mol. The number of hydrogen-bond donors (Lipinski definition) is 1. The van der Waals surface area contributed by atoms with Gasteiger partial charge in [-0.2, -0.15) is 0 Å². The molecule has 1 aromatic rings. The van der Waals surface area contributed by atoms with Gasteiger partial charge in [0.1, 0.15) is 0 Å². The van der Waals surface area contributed by atoms with Gasteiger partial charge in [0.15, 0.2) is 0 Å². The predicted octanol–water partition coefficient (Wildman–Crippen LogP) is 2.97. The fourth-order valence-corrected chi connectivity index (χ4v) is 1.23. The number of nitro groups is 1. The summed E-state index contributed by atoms with van der Waals surface area (Å²) in [5.74, 6) is 0. The number of nitrogens with one attached hydrogen (secondary N) is 1. The van der Waals surface area contributed by atoms with E-state index >= 15 is 0 Å². The van der Waals surface area contributed by atoms with Gasteiger partial charge in [0, 0.05) is 17.8 Å². The predicted molar refractivity (Wildman–Crippen MR) is 56.9 cm³/mol. The summed E-state index contributed by atoms with van der Waals surface area (Å²) in [7, 11) is 0. The van der Waals surface area contributed by atoms with E-state index in [-0.39, 0.29) is 5.69 Å². The lowest BCUT2D eigenvalue weighted by Gasteiger charge is -2.15. The van der Waals surface area contributed by atoms with Crippen molar-refractivity contribution in [2.75, 3.05) is 5.32 Å². The third-order valence-corrected chi connectivity index (χ3v) is 2.18. The molecular formula is C10H12F2N2O2. The standard InChI is InChI=1S/C10H12F2N2O2/c1-6-5-8(14(15)16)3-4-9(6)13-7(2)10(11)12/h3-5,7,10,13H,1-2H3. The Morgan fingerprint density at radius 3 is 2.50 bits per heavy atom. The molecule has 0 aliphatic rings. The second-order valence-electron chi connectivity index (χ2n) is 3.52. The molecule has 0 spiro atoms. The van der Waals surface area contributed by atoms with Crippen molar-refractivity contribution >= 4 is 11.4 Å². The summed E-state index contributed by atoms with van der Waals surface area (Å²) in [6.07, 6.45) is -2.48. The van der Waals surface area contributed by atoms with Crippen LogP contribution in [0.2, 0.25) is 0 Å². The molecule has 0 aliphatic carbocycles. The van der Waals surface area contributed by atoms with Gasteiger partial charge in [-0.25, -0.2) is 8.78 Å². The van der Waals surface area contributed by atoms with Crippen LogP contribution in [0, 0.1) is 17.0 Å². The molecule has 1 rings (SSSR count). The third kappa shape index (κ3) is 2.88. The van der Waals surface area contributed by atoms with E-state index in [4.69, 9.17) is 0 Å². The van der Waals surface area contributed by atoms with Gasteiger partial charge in [-0.05, 0) is 25.5 Å². The maximum absolute atomic E-state index is 12.3. The highest BCUT2D eigenvalue weighted by Crippen LogP contribution is 2.22. The highest BCUT2D eigenvalue weighted by Gasteiger charge is 2.15. The molecule has 0 fully saturated rings. The Bertz CT molecular complexity index is 396. The minimum Gasteiger partial charge on any atom is -0.377 e. The summed E-state index contributed by atoms with van der Waals surface area (Å²) in [6, 6.07) is 3.08. The van der Waals surface area contributed by atoms with E-state index in [1.807, 2.05) is 0 Å². The van der Waals surface area contributed by atoms with E-state index in [2.05, 4.69) is 5.32 Å². The number of aryl methyl sites for hydroxylation is 1. The van der Waals surface area contributed by atoms with Crippen LogP contribution in [0.3, 0.4) is 0 Å². The van der Waals surface area contributed by atoms with Crippen molar-refractivity contribution in [2.24, 2.45) is 0 Å². The lowest BCUT2D eigenvalue weighted by Crippen LogP contribution is -2.24. The number of nitrogens with zero attached hydrogens (tertiary/aromatic N) is 1. The van der Waals surface area contributed by atoms with Gasteiger partial charge >= 0.3 is 0 Å². The Kier molecular flexibility index (Phi) is 3.76. The lowest BCUT2D eigenvalue weighted by molar-refractivity contribution is -0.384. The number of rotatable bonds is 4. The zero-order valence-electron chi connectivity index (χ0n) is 8.91. The summed E-state index contributed by atoms with van der Waals surface area (Å²) in [4.78, 5) is 9.94. The van der Waals surface area contributed by atoms with Crippen LogP contribution in [-0.2, 0) is 0 Å². The quantitative estimate of drug-likeness (QED) is 0.639. The number of benzene rings is 1. The van der Waals surface area contributed by atoms with Crippen molar-refractivity contribution in [3.63, 3.8) is 0 Å². The first-order chi connectivity index (χ1) is 7.41. The van der Waals surface area contributed by atoms with Crippen LogP contribution in [0.1, 0.15) is 12.5 Å². The molecule has 1 N–H and O–H groups in total. The first-order valence-electron chi connectivity index (χ1n) is 4.71. The summed E-state index contributed by atoms with van der Waals surface area (Å²) >= 11 is 0. The molecule has 0 aromatic heterocycles. The van der Waals surface area contributed by atoms with Crippen LogP contribution >= 0.6 is 0 Å². The number of non-ortho nitro benzene ring substituents is 1. The molecule has 88 valence electrons. The second-order valence-corrected chi connectivity index (χ2v) is 3.52. The second kappa shape index (κ2) is 4.87. The van der Waals surface area contributed by atoms with Gasteiger partial charge in [0.25, 0.3) is 12.1 Å². The van der Waals surface area contributed by atoms with Crippen LogP contribution in [-0.4, -0.2) is 17.4 Å². The lowest BCUT2D eigenvalue weighted by atomic mass is 10.1. The first kappa shape index (κ1) is 12.4. The molecule has 16 heavy (non-hydrogen) atoms. The normalized spacial score (nSPS) is 12.6. The fourth-order valence-electron chi connectivity index (χ4n) is 1.23. The van der Waals surface area contributed by atoms with Crippen molar-refractivity contribution in [3.05, 3.63) is 33.9 Å². The van der Waals surface area contributed by atoms with Gasteiger partial charge in [-0.3, -0.25) is 10.1 Å². The average Bonchev–Trinajstić information content (AvgIpc) is 2.20. The van der Waals surface area contributed by atoms with Gasteiger partial charge in [-0.15, -0.1) is 0 Å². The fraction of sp³-hybridized carbons (Fsp3) is 0.400. The molecule has 6 heteroatoms. The van der Waals surface area contributed by atoms with E-state index in [1.54, 1.807) is 6.92 Å². The van der Waals surface area contributed by atoms with Crippen molar-refractivity contribution in [1.82, 2.24) is 0 Å². The summed E-state index contributed by atoms with van der Waals surface area (Å²) < 4.78 is 24.6. The highest BCUT2D eigenvalue weighted by atomic mass is 19.3. The highest BCUT2D eigenvalue weighted by molar-refractivity contribution is 5.55. The Labute approximate surface area is 91.4 Å². The molecule has 0 amide bonds. The van der Waals surface area contributed by atoms with Crippen LogP contribution < -0.4 is 5.32 Å². The van der Waals surface area contributed by atoms with Crippen molar-refractivity contribution in [3.8, 4) is 0 Å². The maximum atomic E-state index is 12.3. The molecule has 0 radical (unpaired) electrons. The maximum Gasteiger partial charge on any atom is 0.269 e. The van der Waals surface area contributed by atoms with Crippen molar-refractivity contribution in [1.29, 1.82) is 0 Å². The van der Waals surface area contributed by atoms with Crippen LogP contribution in [0.15, 0.2) is 18.2 Å². The van der Waals surface area contributed by atoms with Gasteiger partial charge in [0.05, 0.1) is 11.0 Å². The molecule has 0 heterocycles. The Hall–Kier alpha value is -1.72. The zero-order chi connectivity index (χ0) is 12.3. The van der Waals surface area contributed by atoms with Crippen LogP contribution in [0.4, 0.5) is 20.2 Å². The molecule has 1 aromatic carbocycles. The van der Waals surface area contributed by atoms with Crippen LogP contribution in [0.5, 0.6) is 0 Å². The summed E-state index contributed by atoms with van der Waals surface area (Å²) in [6.45, 7) is 2.99. The smallest absolute Gasteiger partial charge is 0.269 e. The molecule has 0 bridgehead atoms. The zero-order valence-corrected chi connectivity index (χ0v) is 8.91. The van der Waals surface area contributed by atoms with Gasteiger partial charge in [-0.1, -0.05) is 0 Å². The molecular weight excluding hydrogens is 218 g/mol. The SMILES string of the molecule is Cc1cc([N+](=O)[O-])ccc1NC(C)C(F)F. The number of nitro benzene ring substituents is 1. The molecule has 1 atom stereocenters. The average molecular weight is 230 g/mol. The molecule has 0 saturated heterocycles. The minimum atomic E-state index is -2.48. The molecule has 1 unspecified atom stereocenters. The van der Waals surface area contributed by atoms with E-state index < -0.39 is 17.4 Å². The van der Waals surface area contributed by atoms with E-state index in [0.29, 0.717) is 11.3 Å². The number of hydrogen-bond acceptors (Lipinski definition) is 3. The van der Waals surface area contributed by atoms with Gasteiger partial charge in [0.2, 0.25) is 0 Å². The number of halogens is 2. The Balaban J connectivity index is 2.87. The summed E-state index contributed by atoms with van der Waals surface area (Å²) in [5.41, 5.74) is 1.01. The minimum absolute atomic E-state index is 0.0484. The number of anilines is 1. The summed E-state index contributed by atoms with van der Waals surface area (Å²) in [5, 5.41) is 13.1. The Morgan fingerprint density at radius 1 is 1.44 bits per heavy atom. The first-order valence-corrected chi connectivity index (χ1v) is 4.71. The van der Waals surface area contributed by atoms with E-state index in [0.717, 1.165) is 0 Å². The van der Waals surface area contributed by atoms with Crippen LogP contribution in [0.25, 0.3) is 0 Å². The number of alkyl halides is 2. The third-order valence-electron chi connectivity index (χ3n) is 2.18. The largest absolute Gasteiger partial charge is 0.377 e.